The van der Waals surface area contributed by atoms with Gasteiger partial charge in [-0.15, -0.1) is 0 Å². The molecule has 6 nitrogen and oxygen atoms in total. The van der Waals surface area contributed by atoms with Crippen LogP contribution in [0, 0.1) is 11.3 Å². The summed E-state index contributed by atoms with van der Waals surface area (Å²) in [7, 11) is 1.64. The van der Waals surface area contributed by atoms with Crippen molar-refractivity contribution in [1.29, 1.82) is 5.26 Å². The second-order valence-corrected chi connectivity index (χ2v) is 6.09. The Morgan fingerprint density at radius 3 is 2.88 bits per heavy atom. The monoisotopic (exact) mass is 345 g/mol. The zero-order valence-electron chi connectivity index (χ0n) is 14.9. The lowest BCUT2D eigenvalue weighted by Gasteiger charge is -2.30. The number of hydrogen-bond donors (Lipinski definition) is 0. The maximum atomic E-state index is 12.6. The van der Waals surface area contributed by atoms with Crippen LogP contribution >= 0.6 is 0 Å². The summed E-state index contributed by atoms with van der Waals surface area (Å²) in [4.78, 5) is 16.7. The van der Waals surface area contributed by atoms with Crippen molar-refractivity contribution in [3.8, 4) is 11.8 Å². The van der Waals surface area contributed by atoms with Gasteiger partial charge in [0.25, 0.3) is 0 Å². The van der Waals surface area contributed by atoms with E-state index in [-0.39, 0.29) is 5.91 Å². The Kier molecular flexibility index (Phi) is 8.23. The lowest BCUT2D eigenvalue weighted by atomic mass is 10.1. The number of amides is 1. The number of carbonyl (C=O) groups is 1. The number of nitriles is 1. The zero-order chi connectivity index (χ0) is 17.9. The minimum atomic E-state index is 0.103. The fourth-order valence-corrected chi connectivity index (χ4v) is 2.87. The van der Waals surface area contributed by atoms with Crippen LogP contribution in [0.5, 0.6) is 5.75 Å². The molecule has 0 N–H and O–H groups in total. The number of morpholine rings is 1. The summed E-state index contributed by atoms with van der Waals surface area (Å²) in [5, 5.41) is 8.85. The third-order valence-electron chi connectivity index (χ3n) is 4.40. The lowest BCUT2D eigenvalue weighted by molar-refractivity contribution is -0.131. The number of nitrogens with zero attached hydrogens (tertiary/aromatic N) is 3. The highest BCUT2D eigenvalue weighted by molar-refractivity contribution is 5.76. The summed E-state index contributed by atoms with van der Waals surface area (Å²) in [5.41, 5.74) is 1.08. The zero-order valence-corrected chi connectivity index (χ0v) is 14.9. The lowest BCUT2D eigenvalue weighted by Crippen LogP contribution is -2.43. The van der Waals surface area contributed by atoms with E-state index >= 15 is 0 Å². The molecule has 2 rings (SSSR count). The summed E-state index contributed by atoms with van der Waals surface area (Å²) in [6.45, 7) is 5.31. The Balaban J connectivity index is 1.84. The first kappa shape index (κ1) is 19.2. The van der Waals surface area contributed by atoms with Crippen LogP contribution in [-0.2, 0) is 16.0 Å². The van der Waals surface area contributed by atoms with E-state index in [0.29, 0.717) is 32.4 Å². The predicted octanol–water partition coefficient (Wildman–Crippen LogP) is 1.70. The number of methoxy groups -OCH3 is 1. The Labute approximate surface area is 149 Å². The van der Waals surface area contributed by atoms with E-state index in [1.54, 1.807) is 7.11 Å². The second kappa shape index (κ2) is 10.7. The number of hydrogen-bond acceptors (Lipinski definition) is 5. The van der Waals surface area contributed by atoms with Gasteiger partial charge in [0.05, 0.1) is 32.8 Å². The first-order valence-electron chi connectivity index (χ1n) is 8.80. The minimum absolute atomic E-state index is 0.103. The predicted molar refractivity (Wildman–Crippen MR) is 95.4 cm³/mol. The SMILES string of the molecule is COc1cccc(CCC(=O)N(CCC#N)CCN2CCOCC2)c1. The van der Waals surface area contributed by atoms with Crippen LogP contribution < -0.4 is 4.74 Å². The molecule has 6 heteroatoms. The minimum Gasteiger partial charge on any atom is -0.497 e. The van der Waals surface area contributed by atoms with Crippen LogP contribution in [-0.4, -0.2) is 68.8 Å². The molecule has 0 aliphatic carbocycles. The van der Waals surface area contributed by atoms with Crippen molar-refractivity contribution < 1.29 is 14.3 Å². The van der Waals surface area contributed by atoms with Crippen LogP contribution in [0.2, 0.25) is 0 Å². The van der Waals surface area contributed by atoms with Crippen LogP contribution in [0.3, 0.4) is 0 Å². The summed E-state index contributed by atoms with van der Waals surface area (Å²) in [6.07, 6.45) is 1.49. The van der Waals surface area contributed by atoms with Crippen molar-refractivity contribution in [1.82, 2.24) is 9.80 Å². The van der Waals surface area contributed by atoms with E-state index in [1.165, 1.54) is 0 Å². The number of rotatable bonds is 9. The van der Waals surface area contributed by atoms with E-state index in [4.69, 9.17) is 14.7 Å². The summed E-state index contributed by atoms with van der Waals surface area (Å²) < 4.78 is 10.6. The van der Waals surface area contributed by atoms with Crippen LogP contribution in [0.4, 0.5) is 0 Å². The molecular weight excluding hydrogens is 318 g/mol. The average Bonchev–Trinajstić information content (AvgIpc) is 2.67. The van der Waals surface area contributed by atoms with Crippen molar-refractivity contribution in [3.05, 3.63) is 29.8 Å². The summed E-state index contributed by atoms with van der Waals surface area (Å²) in [5.74, 6) is 0.907. The van der Waals surface area contributed by atoms with Crippen molar-refractivity contribution >= 4 is 5.91 Å². The van der Waals surface area contributed by atoms with Gasteiger partial charge in [0.1, 0.15) is 5.75 Å². The van der Waals surface area contributed by atoms with Gasteiger partial charge in [-0.2, -0.15) is 5.26 Å². The maximum Gasteiger partial charge on any atom is 0.222 e. The Morgan fingerprint density at radius 1 is 1.36 bits per heavy atom. The Morgan fingerprint density at radius 2 is 2.16 bits per heavy atom. The highest BCUT2D eigenvalue weighted by Crippen LogP contribution is 2.14. The second-order valence-electron chi connectivity index (χ2n) is 6.09. The van der Waals surface area contributed by atoms with E-state index in [0.717, 1.165) is 44.2 Å². The molecule has 1 aromatic carbocycles. The fraction of sp³-hybridized carbons (Fsp3) is 0.579. The molecule has 1 aliphatic rings. The molecule has 1 aromatic rings. The van der Waals surface area contributed by atoms with Gasteiger partial charge in [-0.3, -0.25) is 9.69 Å². The van der Waals surface area contributed by atoms with Gasteiger partial charge >= 0.3 is 0 Å². The van der Waals surface area contributed by atoms with E-state index in [1.807, 2.05) is 29.2 Å². The first-order chi connectivity index (χ1) is 12.2. The molecule has 25 heavy (non-hydrogen) atoms. The molecule has 1 aliphatic heterocycles. The van der Waals surface area contributed by atoms with Gasteiger partial charge < -0.3 is 14.4 Å². The fourth-order valence-electron chi connectivity index (χ4n) is 2.87. The summed E-state index contributed by atoms with van der Waals surface area (Å²) in [6, 6.07) is 9.93. The molecule has 0 atom stereocenters. The first-order valence-corrected chi connectivity index (χ1v) is 8.80. The van der Waals surface area contributed by atoms with Gasteiger partial charge in [0.2, 0.25) is 5.91 Å². The molecular formula is C19H27N3O3. The highest BCUT2D eigenvalue weighted by Gasteiger charge is 2.16. The van der Waals surface area contributed by atoms with Gasteiger partial charge in [-0.25, -0.2) is 0 Å². The largest absolute Gasteiger partial charge is 0.497 e. The number of aryl methyl sites for hydroxylation is 1. The van der Waals surface area contributed by atoms with Crippen molar-refractivity contribution in [2.75, 3.05) is 53.0 Å². The number of ether oxygens (including phenoxy) is 2. The number of carbonyl (C=O) groups excluding carboxylic acids is 1. The van der Waals surface area contributed by atoms with E-state index < -0.39 is 0 Å². The molecule has 1 fully saturated rings. The molecule has 0 radical (unpaired) electrons. The molecule has 0 bridgehead atoms. The van der Waals surface area contributed by atoms with Crippen molar-refractivity contribution in [2.45, 2.75) is 19.3 Å². The molecule has 0 aromatic heterocycles. The average molecular weight is 345 g/mol. The third-order valence-corrected chi connectivity index (χ3v) is 4.40. The van der Waals surface area contributed by atoms with Crippen molar-refractivity contribution in [2.24, 2.45) is 0 Å². The van der Waals surface area contributed by atoms with E-state index in [9.17, 15) is 4.79 Å². The molecule has 136 valence electrons. The molecule has 1 amide bonds. The van der Waals surface area contributed by atoms with Crippen molar-refractivity contribution in [3.63, 3.8) is 0 Å². The topological polar surface area (TPSA) is 65.8 Å². The Hall–Kier alpha value is -2.10. The molecule has 1 heterocycles. The number of benzene rings is 1. The van der Waals surface area contributed by atoms with Gasteiger partial charge in [-0.05, 0) is 24.1 Å². The van der Waals surface area contributed by atoms with Crippen LogP contribution in [0.15, 0.2) is 24.3 Å². The normalized spacial score (nSPS) is 14.7. The maximum absolute atomic E-state index is 12.6. The standard InChI is InChI=1S/C19H27N3O3/c1-24-18-5-2-4-17(16-18)6-7-19(23)22(9-3-8-20)11-10-21-12-14-25-15-13-21/h2,4-5,16H,3,6-7,9-15H2,1H3. The van der Waals surface area contributed by atoms with E-state index in [2.05, 4.69) is 11.0 Å². The highest BCUT2D eigenvalue weighted by atomic mass is 16.5. The molecule has 1 saturated heterocycles. The summed E-state index contributed by atoms with van der Waals surface area (Å²) >= 11 is 0. The van der Waals surface area contributed by atoms with Gasteiger partial charge in [0, 0.05) is 39.1 Å². The van der Waals surface area contributed by atoms with Crippen LogP contribution in [0.25, 0.3) is 0 Å². The molecule has 0 saturated carbocycles. The quantitative estimate of drug-likeness (QED) is 0.682. The van der Waals surface area contributed by atoms with Crippen LogP contribution in [0.1, 0.15) is 18.4 Å². The Bertz CT molecular complexity index is 580. The molecule has 0 spiro atoms. The molecule has 0 unspecified atom stereocenters. The van der Waals surface area contributed by atoms with Gasteiger partial charge in [-0.1, -0.05) is 12.1 Å². The smallest absolute Gasteiger partial charge is 0.222 e. The van der Waals surface area contributed by atoms with Gasteiger partial charge in [0.15, 0.2) is 0 Å². The third kappa shape index (κ3) is 6.73.